The highest BCUT2D eigenvalue weighted by molar-refractivity contribution is 5.15. The van der Waals surface area contributed by atoms with Crippen molar-refractivity contribution in [2.75, 3.05) is 20.2 Å². The molecular weight excluding hydrogens is 250 g/mol. The van der Waals surface area contributed by atoms with E-state index in [4.69, 9.17) is 4.74 Å². The topological polar surface area (TPSA) is 37.4 Å². The predicted octanol–water partition coefficient (Wildman–Crippen LogP) is 2.44. The van der Waals surface area contributed by atoms with Gasteiger partial charge in [-0.25, -0.2) is 4.98 Å². The first-order valence-electron chi connectivity index (χ1n) is 7.47. The zero-order valence-corrected chi connectivity index (χ0v) is 13.1. The maximum atomic E-state index is 5.20. The molecule has 0 saturated carbocycles. The minimum atomic E-state index is 0.183. The summed E-state index contributed by atoms with van der Waals surface area (Å²) in [6.45, 7) is 9.78. The van der Waals surface area contributed by atoms with Gasteiger partial charge < -0.3 is 10.1 Å². The van der Waals surface area contributed by atoms with Crippen molar-refractivity contribution in [3.05, 3.63) is 23.9 Å². The molecule has 1 aromatic rings. The minimum absolute atomic E-state index is 0.183. The molecule has 112 valence electrons. The van der Waals surface area contributed by atoms with Crippen LogP contribution < -0.4 is 10.1 Å². The third-order valence-corrected chi connectivity index (χ3v) is 3.72. The first-order chi connectivity index (χ1) is 9.48. The molecule has 1 aromatic heterocycles. The lowest BCUT2D eigenvalue weighted by Crippen LogP contribution is -2.45. The van der Waals surface area contributed by atoms with Gasteiger partial charge in [0.05, 0.1) is 12.8 Å². The van der Waals surface area contributed by atoms with Crippen LogP contribution in [0.5, 0.6) is 5.88 Å². The Morgan fingerprint density at radius 2 is 2.20 bits per heavy atom. The van der Waals surface area contributed by atoms with Crippen molar-refractivity contribution in [2.45, 2.75) is 51.7 Å². The van der Waals surface area contributed by atoms with Gasteiger partial charge in [-0.1, -0.05) is 6.07 Å². The average molecular weight is 277 g/mol. The van der Waals surface area contributed by atoms with Gasteiger partial charge in [-0.3, -0.25) is 4.90 Å². The lowest BCUT2D eigenvalue weighted by Gasteiger charge is -2.28. The van der Waals surface area contributed by atoms with Crippen molar-refractivity contribution in [1.29, 1.82) is 0 Å². The van der Waals surface area contributed by atoms with Gasteiger partial charge in [-0.15, -0.1) is 0 Å². The fourth-order valence-electron chi connectivity index (χ4n) is 2.63. The van der Waals surface area contributed by atoms with Gasteiger partial charge in [0.2, 0.25) is 5.88 Å². The lowest BCUT2D eigenvalue weighted by molar-refractivity contribution is 0.223. The number of nitrogens with zero attached hydrogens (tertiary/aromatic N) is 2. The summed E-state index contributed by atoms with van der Waals surface area (Å²) >= 11 is 0. The second-order valence-corrected chi connectivity index (χ2v) is 6.57. The first-order valence-corrected chi connectivity index (χ1v) is 7.47. The zero-order chi connectivity index (χ0) is 14.6. The molecule has 1 aliphatic rings. The van der Waals surface area contributed by atoms with Gasteiger partial charge in [0.1, 0.15) is 0 Å². The van der Waals surface area contributed by atoms with Crippen LogP contribution in [0.1, 0.15) is 39.3 Å². The molecule has 1 unspecified atom stereocenters. The van der Waals surface area contributed by atoms with Crippen molar-refractivity contribution in [3.8, 4) is 5.88 Å². The number of likely N-dealkylation sites (tertiary alicyclic amines) is 1. The number of hydrogen-bond acceptors (Lipinski definition) is 4. The van der Waals surface area contributed by atoms with Gasteiger partial charge in [-0.05, 0) is 46.2 Å². The van der Waals surface area contributed by atoms with Crippen molar-refractivity contribution >= 4 is 0 Å². The Labute approximate surface area is 122 Å². The molecule has 0 aromatic carbocycles. The molecule has 2 rings (SSSR count). The summed E-state index contributed by atoms with van der Waals surface area (Å²) in [5, 5.41) is 3.62. The van der Waals surface area contributed by atoms with E-state index < -0.39 is 0 Å². The van der Waals surface area contributed by atoms with Gasteiger partial charge in [0, 0.05) is 30.7 Å². The third-order valence-electron chi connectivity index (χ3n) is 3.72. The predicted molar refractivity (Wildman–Crippen MR) is 82.0 cm³/mol. The van der Waals surface area contributed by atoms with Crippen LogP contribution in [0.15, 0.2) is 18.2 Å². The van der Waals surface area contributed by atoms with E-state index >= 15 is 0 Å². The standard InChI is InChI=1S/C16H27N3O/c1-16(2,3)17-11-14-8-6-10-19(14)12-13-7-5-9-15(18-13)20-4/h5,7,9,14,17H,6,8,10-12H2,1-4H3. The monoisotopic (exact) mass is 277 g/mol. The van der Waals surface area contributed by atoms with Gasteiger partial charge in [0.15, 0.2) is 0 Å². The summed E-state index contributed by atoms with van der Waals surface area (Å²) in [6.07, 6.45) is 2.55. The maximum Gasteiger partial charge on any atom is 0.213 e. The van der Waals surface area contributed by atoms with Crippen molar-refractivity contribution in [2.24, 2.45) is 0 Å². The highest BCUT2D eigenvalue weighted by Gasteiger charge is 2.25. The molecule has 0 aliphatic carbocycles. The number of ether oxygens (including phenoxy) is 1. The Kier molecular flexibility index (Phi) is 5.00. The Morgan fingerprint density at radius 3 is 2.90 bits per heavy atom. The first kappa shape index (κ1) is 15.3. The minimum Gasteiger partial charge on any atom is -0.481 e. The molecular formula is C16H27N3O. The Bertz CT molecular complexity index is 428. The number of aromatic nitrogens is 1. The van der Waals surface area contributed by atoms with Crippen LogP contribution >= 0.6 is 0 Å². The molecule has 20 heavy (non-hydrogen) atoms. The number of methoxy groups -OCH3 is 1. The van der Waals surface area contributed by atoms with E-state index in [9.17, 15) is 0 Å². The van der Waals surface area contributed by atoms with Crippen LogP contribution in [0.2, 0.25) is 0 Å². The third kappa shape index (κ3) is 4.46. The molecule has 2 heterocycles. The fraction of sp³-hybridized carbons (Fsp3) is 0.688. The lowest BCUT2D eigenvalue weighted by atomic mass is 10.1. The van der Waals surface area contributed by atoms with Gasteiger partial charge >= 0.3 is 0 Å². The van der Waals surface area contributed by atoms with E-state index in [-0.39, 0.29) is 5.54 Å². The molecule has 0 amide bonds. The van der Waals surface area contributed by atoms with E-state index in [0.717, 1.165) is 25.3 Å². The number of nitrogens with one attached hydrogen (secondary N) is 1. The van der Waals surface area contributed by atoms with Gasteiger partial charge in [-0.2, -0.15) is 0 Å². The van der Waals surface area contributed by atoms with E-state index in [1.54, 1.807) is 7.11 Å². The fourth-order valence-corrected chi connectivity index (χ4v) is 2.63. The van der Waals surface area contributed by atoms with Crippen LogP contribution in [0.4, 0.5) is 0 Å². The Hall–Kier alpha value is -1.13. The molecule has 1 saturated heterocycles. The van der Waals surface area contributed by atoms with Crippen LogP contribution in [-0.2, 0) is 6.54 Å². The largest absolute Gasteiger partial charge is 0.481 e. The molecule has 0 radical (unpaired) electrons. The summed E-state index contributed by atoms with van der Waals surface area (Å²) < 4.78 is 5.20. The summed E-state index contributed by atoms with van der Waals surface area (Å²) in [4.78, 5) is 7.04. The van der Waals surface area contributed by atoms with Crippen molar-refractivity contribution < 1.29 is 4.74 Å². The Balaban J connectivity index is 1.93. The van der Waals surface area contributed by atoms with Crippen molar-refractivity contribution in [1.82, 2.24) is 15.2 Å². The molecule has 0 spiro atoms. The zero-order valence-electron chi connectivity index (χ0n) is 13.1. The average Bonchev–Trinajstić information content (AvgIpc) is 2.83. The van der Waals surface area contributed by atoms with E-state index in [1.165, 1.54) is 12.8 Å². The second-order valence-electron chi connectivity index (χ2n) is 6.57. The molecule has 4 heteroatoms. The summed E-state index contributed by atoms with van der Waals surface area (Å²) in [7, 11) is 1.66. The highest BCUT2D eigenvalue weighted by atomic mass is 16.5. The van der Waals surface area contributed by atoms with Crippen LogP contribution in [-0.4, -0.2) is 41.7 Å². The SMILES string of the molecule is COc1cccc(CN2CCCC2CNC(C)(C)C)n1. The summed E-state index contributed by atoms with van der Waals surface area (Å²) in [5.74, 6) is 0.700. The number of hydrogen-bond donors (Lipinski definition) is 1. The van der Waals surface area contributed by atoms with E-state index in [0.29, 0.717) is 11.9 Å². The number of pyridine rings is 1. The quantitative estimate of drug-likeness (QED) is 0.897. The molecule has 1 fully saturated rings. The second kappa shape index (κ2) is 6.55. The van der Waals surface area contributed by atoms with E-state index in [2.05, 4.69) is 42.0 Å². The molecule has 1 aliphatic heterocycles. The molecule has 1 atom stereocenters. The highest BCUT2D eigenvalue weighted by Crippen LogP contribution is 2.20. The van der Waals surface area contributed by atoms with Crippen LogP contribution in [0, 0.1) is 0 Å². The summed E-state index contributed by atoms with van der Waals surface area (Å²) in [6, 6.07) is 6.60. The molecule has 1 N–H and O–H groups in total. The van der Waals surface area contributed by atoms with Crippen LogP contribution in [0.3, 0.4) is 0 Å². The number of rotatable bonds is 5. The smallest absolute Gasteiger partial charge is 0.213 e. The van der Waals surface area contributed by atoms with Crippen LogP contribution in [0.25, 0.3) is 0 Å². The normalized spacial score (nSPS) is 20.3. The van der Waals surface area contributed by atoms with Crippen molar-refractivity contribution in [3.63, 3.8) is 0 Å². The van der Waals surface area contributed by atoms with Gasteiger partial charge in [0.25, 0.3) is 0 Å². The maximum absolute atomic E-state index is 5.20. The summed E-state index contributed by atoms with van der Waals surface area (Å²) in [5.41, 5.74) is 1.27. The molecule has 4 nitrogen and oxygen atoms in total. The molecule has 0 bridgehead atoms. The van der Waals surface area contributed by atoms with E-state index in [1.807, 2.05) is 12.1 Å². The Morgan fingerprint density at radius 1 is 1.40 bits per heavy atom.